The monoisotopic (exact) mass is 307 g/mol. The van der Waals surface area contributed by atoms with Gasteiger partial charge in [0.1, 0.15) is 12.4 Å². The Morgan fingerprint density at radius 1 is 1.32 bits per heavy atom. The number of anilines is 1. The summed E-state index contributed by atoms with van der Waals surface area (Å²) < 4.78 is 0. The van der Waals surface area contributed by atoms with Gasteiger partial charge in [-0.1, -0.05) is 39.2 Å². The average molecular weight is 307 g/mol. The molecule has 0 fully saturated rings. The van der Waals surface area contributed by atoms with E-state index in [2.05, 4.69) is 24.1 Å². The normalized spacial score (nSPS) is 12.1. The van der Waals surface area contributed by atoms with Crippen LogP contribution in [0, 0.1) is 0 Å². The van der Waals surface area contributed by atoms with Gasteiger partial charge in [-0.2, -0.15) is 0 Å². The van der Waals surface area contributed by atoms with Gasteiger partial charge in [0, 0.05) is 25.8 Å². The van der Waals surface area contributed by atoms with Crippen LogP contribution in [0.2, 0.25) is 0 Å². The maximum atomic E-state index is 10.7. The summed E-state index contributed by atoms with van der Waals surface area (Å²) in [4.78, 5) is 16.7. The largest absolute Gasteiger partial charge is 0.480 e. The zero-order valence-electron chi connectivity index (χ0n) is 14.0. The molecule has 1 aromatic rings. The lowest BCUT2D eigenvalue weighted by molar-refractivity contribution is -0.135. The van der Waals surface area contributed by atoms with Crippen LogP contribution < -0.4 is 10.2 Å². The zero-order valence-corrected chi connectivity index (χ0v) is 14.0. The third-order valence-corrected chi connectivity index (χ3v) is 3.71. The highest BCUT2D eigenvalue weighted by atomic mass is 16.4. The Bertz CT molecular complexity index is 434. The molecule has 1 unspecified atom stereocenters. The quantitative estimate of drug-likeness (QED) is 0.658. The van der Waals surface area contributed by atoms with Gasteiger partial charge in [0.15, 0.2) is 0 Å². The van der Waals surface area contributed by atoms with E-state index < -0.39 is 5.97 Å². The first-order valence-electron chi connectivity index (χ1n) is 8.18. The maximum absolute atomic E-state index is 10.7. The fraction of sp³-hybridized carbons (Fsp3) is 0.647. The molecule has 1 atom stereocenters. The molecule has 2 N–H and O–H groups in total. The molecular formula is C17H29N3O2. The summed E-state index contributed by atoms with van der Waals surface area (Å²) >= 11 is 0. The molecular weight excluding hydrogens is 278 g/mol. The summed E-state index contributed by atoms with van der Waals surface area (Å²) in [5, 5.41) is 12.4. The second-order valence-electron chi connectivity index (χ2n) is 5.78. The Morgan fingerprint density at radius 3 is 2.64 bits per heavy atom. The standard InChI is InChI=1S/C17H29N3O2/c1-4-6-8-15(7-5-2)18-11-14-9-10-16(19-12-14)20(3)13-17(21)22/h9-10,12,15,18H,4-8,11,13H2,1-3H3,(H,21,22). The first-order chi connectivity index (χ1) is 10.6. The molecule has 1 rings (SSSR count). The second kappa shape index (κ2) is 10.2. The summed E-state index contributed by atoms with van der Waals surface area (Å²) in [7, 11) is 1.73. The number of unbranched alkanes of at least 4 members (excludes halogenated alkanes) is 1. The van der Waals surface area contributed by atoms with E-state index in [4.69, 9.17) is 5.11 Å². The number of hydrogen-bond donors (Lipinski definition) is 2. The number of aromatic nitrogens is 1. The van der Waals surface area contributed by atoms with E-state index >= 15 is 0 Å². The zero-order chi connectivity index (χ0) is 16.4. The highest BCUT2D eigenvalue weighted by Gasteiger charge is 2.08. The number of carboxylic acids is 1. The van der Waals surface area contributed by atoms with Gasteiger partial charge in [0.25, 0.3) is 0 Å². The van der Waals surface area contributed by atoms with Gasteiger partial charge in [0.2, 0.25) is 0 Å². The van der Waals surface area contributed by atoms with Crippen LogP contribution >= 0.6 is 0 Å². The Morgan fingerprint density at radius 2 is 2.09 bits per heavy atom. The summed E-state index contributed by atoms with van der Waals surface area (Å²) in [6, 6.07) is 4.46. The lowest BCUT2D eigenvalue weighted by Gasteiger charge is -2.19. The number of aliphatic carboxylic acids is 1. The molecule has 1 aromatic heterocycles. The highest BCUT2D eigenvalue weighted by Crippen LogP contribution is 2.11. The summed E-state index contributed by atoms with van der Waals surface area (Å²) in [5.41, 5.74) is 1.13. The first kappa shape index (κ1) is 18.4. The lowest BCUT2D eigenvalue weighted by Crippen LogP contribution is -2.28. The van der Waals surface area contributed by atoms with Crippen molar-refractivity contribution in [2.24, 2.45) is 0 Å². The van der Waals surface area contributed by atoms with Crippen molar-refractivity contribution >= 4 is 11.8 Å². The molecule has 0 amide bonds. The van der Waals surface area contributed by atoms with Gasteiger partial charge in [-0.25, -0.2) is 4.98 Å². The molecule has 0 aliphatic heterocycles. The maximum Gasteiger partial charge on any atom is 0.323 e. The Labute approximate surface area is 133 Å². The van der Waals surface area contributed by atoms with Crippen LogP contribution in [-0.4, -0.2) is 35.7 Å². The van der Waals surface area contributed by atoms with Crippen LogP contribution in [0.3, 0.4) is 0 Å². The Balaban J connectivity index is 2.50. The number of hydrogen-bond acceptors (Lipinski definition) is 4. The average Bonchev–Trinajstić information content (AvgIpc) is 2.50. The number of carboxylic acid groups (broad SMARTS) is 1. The van der Waals surface area contributed by atoms with Crippen LogP contribution in [-0.2, 0) is 11.3 Å². The molecule has 0 aromatic carbocycles. The van der Waals surface area contributed by atoms with Crippen molar-refractivity contribution in [2.45, 2.75) is 58.5 Å². The second-order valence-corrected chi connectivity index (χ2v) is 5.78. The van der Waals surface area contributed by atoms with Gasteiger partial charge in [-0.15, -0.1) is 0 Å². The minimum Gasteiger partial charge on any atom is -0.480 e. The predicted octanol–water partition coefficient (Wildman–Crippen LogP) is 3.05. The van der Waals surface area contributed by atoms with Crippen molar-refractivity contribution in [3.63, 3.8) is 0 Å². The number of nitrogens with zero attached hydrogens (tertiary/aromatic N) is 2. The van der Waals surface area contributed by atoms with E-state index in [0.29, 0.717) is 11.9 Å². The molecule has 0 saturated heterocycles. The van der Waals surface area contributed by atoms with Crippen molar-refractivity contribution < 1.29 is 9.90 Å². The van der Waals surface area contributed by atoms with Gasteiger partial charge >= 0.3 is 5.97 Å². The number of rotatable bonds is 11. The molecule has 5 nitrogen and oxygen atoms in total. The summed E-state index contributed by atoms with van der Waals surface area (Å²) in [6.45, 7) is 5.21. The molecule has 0 spiro atoms. The van der Waals surface area contributed by atoms with E-state index in [1.54, 1.807) is 11.9 Å². The minimum absolute atomic E-state index is 0.0415. The smallest absolute Gasteiger partial charge is 0.323 e. The Kier molecular flexibility index (Phi) is 8.51. The van der Waals surface area contributed by atoms with Crippen molar-refractivity contribution in [1.82, 2.24) is 10.3 Å². The van der Waals surface area contributed by atoms with Crippen LogP contribution in [0.5, 0.6) is 0 Å². The third-order valence-electron chi connectivity index (χ3n) is 3.71. The molecule has 5 heteroatoms. The first-order valence-corrected chi connectivity index (χ1v) is 8.18. The minimum atomic E-state index is -0.853. The van der Waals surface area contributed by atoms with Gasteiger partial charge < -0.3 is 15.3 Å². The number of nitrogens with one attached hydrogen (secondary N) is 1. The van der Waals surface area contributed by atoms with E-state index in [-0.39, 0.29) is 6.54 Å². The predicted molar refractivity (Wildman–Crippen MR) is 90.2 cm³/mol. The number of carbonyl (C=O) groups is 1. The van der Waals surface area contributed by atoms with Crippen molar-refractivity contribution in [3.05, 3.63) is 23.9 Å². The van der Waals surface area contributed by atoms with Gasteiger partial charge in [-0.05, 0) is 24.5 Å². The molecule has 0 aliphatic rings. The molecule has 0 aliphatic carbocycles. The van der Waals surface area contributed by atoms with E-state index in [9.17, 15) is 4.79 Å². The molecule has 0 saturated carbocycles. The van der Waals surface area contributed by atoms with E-state index in [1.165, 1.54) is 32.1 Å². The van der Waals surface area contributed by atoms with Crippen LogP contribution in [0.15, 0.2) is 18.3 Å². The fourth-order valence-corrected chi connectivity index (χ4v) is 2.44. The topological polar surface area (TPSA) is 65.5 Å². The fourth-order valence-electron chi connectivity index (χ4n) is 2.44. The summed E-state index contributed by atoms with van der Waals surface area (Å²) in [6.07, 6.45) is 7.93. The van der Waals surface area contributed by atoms with Gasteiger partial charge in [0.05, 0.1) is 0 Å². The van der Waals surface area contributed by atoms with Crippen molar-refractivity contribution in [1.29, 1.82) is 0 Å². The van der Waals surface area contributed by atoms with Crippen LogP contribution in [0.25, 0.3) is 0 Å². The van der Waals surface area contributed by atoms with E-state index in [1.807, 2.05) is 18.3 Å². The molecule has 124 valence electrons. The van der Waals surface area contributed by atoms with Crippen molar-refractivity contribution in [2.75, 3.05) is 18.5 Å². The number of likely N-dealkylation sites (N-methyl/N-ethyl adjacent to an activating group) is 1. The molecule has 22 heavy (non-hydrogen) atoms. The van der Waals surface area contributed by atoms with Crippen molar-refractivity contribution in [3.8, 4) is 0 Å². The van der Waals surface area contributed by atoms with E-state index in [0.717, 1.165) is 12.1 Å². The third kappa shape index (κ3) is 6.89. The Hall–Kier alpha value is -1.62. The lowest BCUT2D eigenvalue weighted by atomic mass is 10.0. The van der Waals surface area contributed by atoms with Gasteiger partial charge in [-0.3, -0.25) is 4.79 Å². The molecule has 1 heterocycles. The highest BCUT2D eigenvalue weighted by molar-refractivity contribution is 5.72. The van der Waals surface area contributed by atoms with Crippen LogP contribution in [0.4, 0.5) is 5.82 Å². The SMILES string of the molecule is CCCCC(CCC)NCc1ccc(N(C)CC(=O)O)nc1. The summed E-state index contributed by atoms with van der Waals surface area (Å²) in [5.74, 6) is -0.171. The molecule has 0 bridgehead atoms. The molecule has 0 radical (unpaired) electrons. The van der Waals surface area contributed by atoms with Crippen LogP contribution in [0.1, 0.15) is 51.5 Å². The number of pyridine rings is 1.